The maximum absolute atomic E-state index is 3.79. The van der Waals surface area contributed by atoms with E-state index in [-0.39, 0.29) is 0 Å². The van der Waals surface area contributed by atoms with E-state index in [1.165, 1.54) is 42.1 Å². The molecule has 19 heavy (non-hydrogen) atoms. The van der Waals surface area contributed by atoms with Gasteiger partial charge in [-0.1, -0.05) is 44.9 Å². The topological polar surface area (TPSA) is 27.8 Å². The number of para-hydroxylation sites is 1. The van der Waals surface area contributed by atoms with Crippen LogP contribution in [0.25, 0.3) is 10.9 Å². The normalized spacial score (nSPS) is 22.7. The van der Waals surface area contributed by atoms with Crippen LogP contribution in [0.15, 0.2) is 30.5 Å². The van der Waals surface area contributed by atoms with Crippen molar-refractivity contribution in [1.82, 2.24) is 10.3 Å². The lowest BCUT2D eigenvalue weighted by Gasteiger charge is -2.39. The molecular formula is C17H24N2. The molecule has 2 aromatic rings. The maximum atomic E-state index is 3.79. The van der Waals surface area contributed by atoms with E-state index in [2.05, 4.69) is 48.4 Å². The van der Waals surface area contributed by atoms with E-state index < -0.39 is 0 Å². The van der Waals surface area contributed by atoms with Gasteiger partial charge in [-0.25, -0.2) is 0 Å². The third kappa shape index (κ3) is 2.55. The number of hydrogen-bond donors (Lipinski definition) is 2. The lowest BCUT2D eigenvalue weighted by atomic mass is 9.73. The highest BCUT2D eigenvalue weighted by atomic mass is 14.9. The lowest BCUT2D eigenvalue weighted by Crippen LogP contribution is -2.43. The minimum absolute atomic E-state index is 0.432. The molecule has 1 heterocycles. The Morgan fingerprint density at radius 1 is 1.26 bits per heavy atom. The van der Waals surface area contributed by atoms with Crippen LogP contribution in [0.2, 0.25) is 0 Å². The van der Waals surface area contributed by atoms with Crippen molar-refractivity contribution >= 4 is 10.9 Å². The van der Waals surface area contributed by atoms with E-state index in [9.17, 15) is 0 Å². The third-order valence-corrected chi connectivity index (χ3v) is 4.72. The molecule has 3 rings (SSSR count). The second-order valence-corrected chi connectivity index (χ2v) is 6.53. The summed E-state index contributed by atoms with van der Waals surface area (Å²) in [6.07, 6.45) is 7.44. The van der Waals surface area contributed by atoms with Crippen molar-refractivity contribution in [1.29, 1.82) is 0 Å². The van der Waals surface area contributed by atoms with Gasteiger partial charge in [0, 0.05) is 24.3 Å². The van der Waals surface area contributed by atoms with Crippen molar-refractivity contribution < 1.29 is 0 Å². The minimum Gasteiger partial charge on any atom is -0.361 e. The minimum atomic E-state index is 0.432. The quantitative estimate of drug-likeness (QED) is 0.845. The summed E-state index contributed by atoms with van der Waals surface area (Å²) in [5.41, 5.74) is 3.09. The highest BCUT2D eigenvalue weighted by Gasteiger charge is 2.31. The number of aromatic amines is 1. The van der Waals surface area contributed by atoms with Crippen molar-refractivity contribution in [2.45, 2.75) is 52.1 Å². The molecule has 1 atom stereocenters. The molecule has 2 nitrogen and oxygen atoms in total. The predicted octanol–water partition coefficient (Wildman–Crippen LogP) is 4.23. The Balaban J connectivity index is 1.73. The molecule has 2 heteroatoms. The molecule has 0 aliphatic heterocycles. The first-order valence-corrected chi connectivity index (χ1v) is 7.45. The van der Waals surface area contributed by atoms with Gasteiger partial charge >= 0.3 is 0 Å². The van der Waals surface area contributed by atoms with Gasteiger partial charge in [-0.15, -0.1) is 0 Å². The van der Waals surface area contributed by atoms with Gasteiger partial charge in [-0.3, -0.25) is 0 Å². The van der Waals surface area contributed by atoms with Crippen LogP contribution in [-0.4, -0.2) is 11.0 Å². The van der Waals surface area contributed by atoms with E-state index in [0.717, 1.165) is 6.54 Å². The van der Waals surface area contributed by atoms with Crippen LogP contribution in [0.5, 0.6) is 0 Å². The molecule has 1 aromatic heterocycles. The van der Waals surface area contributed by atoms with Crippen LogP contribution in [-0.2, 0) is 6.54 Å². The van der Waals surface area contributed by atoms with Crippen LogP contribution in [0, 0.1) is 5.41 Å². The van der Waals surface area contributed by atoms with Gasteiger partial charge in [0.05, 0.1) is 0 Å². The van der Waals surface area contributed by atoms with Gasteiger partial charge < -0.3 is 10.3 Å². The Morgan fingerprint density at radius 3 is 3.00 bits per heavy atom. The summed E-state index contributed by atoms with van der Waals surface area (Å²) in [6.45, 7) is 5.77. The Hall–Kier alpha value is -1.28. The summed E-state index contributed by atoms with van der Waals surface area (Å²) in [6, 6.07) is 9.33. The van der Waals surface area contributed by atoms with E-state index in [1.807, 2.05) is 6.20 Å². The Kier molecular flexibility index (Phi) is 3.36. The standard InChI is InChI=1S/C17H24N2/c1-17(2)10-4-3-8-15(17)19-12-14-7-5-6-13-9-11-18-16(13)14/h5-7,9,11,15,18-19H,3-4,8,10,12H2,1-2H3. The maximum Gasteiger partial charge on any atom is 0.0499 e. The molecular weight excluding hydrogens is 232 g/mol. The van der Waals surface area contributed by atoms with Gasteiger partial charge in [0.15, 0.2) is 0 Å². The van der Waals surface area contributed by atoms with Crippen LogP contribution in [0.4, 0.5) is 0 Å². The SMILES string of the molecule is CC1(C)CCCCC1NCc1cccc2cc[nH]c12. The summed E-state index contributed by atoms with van der Waals surface area (Å²) in [7, 11) is 0. The first kappa shape index (κ1) is 12.7. The molecule has 1 aliphatic carbocycles. The molecule has 1 aromatic carbocycles. The number of benzene rings is 1. The number of aromatic nitrogens is 1. The summed E-state index contributed by atoms with van der Waals surface area (Å²) < 4.78 is 0. The zero-order chi connectivity index (χ0) is 13.3. The molecule has 1 unspecified atom stereocenters. The molecule has 1 saturated carbocycles. The van der Waals surface area contributed by atoms with Crippen molar-refractivity contribution in [2.75, 3.05) is 0 Å². The van der Waals surface area contributed by atoms with Gasteiger partial charge in [-0.2, -0.15) is 0 Å². The van der Waals surface area contributed by atoms with Crippen molar-refractivity contribution in [3.05, 3.63) is 36.0 Å². The van der Waals surface area contributed by atoms with Crippen LogP contribution < -0.4 is 5.32 Å². The van der Waals surface area contributed by atoms with Gasteiger partial charge in [0.1, 0.15) is 0 Å². The molecule has 1 fully saturated rings. The Labute approximate surface area is 115 Å². The monoisotopic (exact) mass is 256 g/mol. The van der Waals surface area contributed by atoms with Crippen molar-refractivity contribution in [3.8, 4) is 0 Å². The fraction of sp³-hybridized carbons (Fsp3) is 0.529. The highest BCUT2D eigenvalue weighted by molar-refractivity contribution is 5.82. The highest BCUT2D eigenvalue weighted by Crippen LogP contribution is 2.35. The summed E-state index contributed by atoms with van der Waals surface area (Å²) in [5, 5.41) is 5.10. The van der Waals surface area contributed by atoms with Gasteiger partial charge in [0.2, 0.25) is 0 Å². The fourth-order valence-electron chi connectivity index (χ4n) is 3.40. The number of fused-ring (bicyclic) bond motifs is 1. The van der Waals surface area contributed by atoms with E-state index in [4.69, 9.17) is 0 Å². The predicted molar refractivity (Wildman–Crippen MR) is 81.2 cm³/mol. The number of hydrogen-bond acceptors (Lipinski definition) is 1. The third-order valence-electron chi connectivity index (χ3n) is 4.72. The molecule has 0 saturated heterocycles. The van der Waals surface area contributed by atoms with Crippen LogP contribution in [0.3, 0.4) is 0 Å². The van der Waals surface area contributed by atoms with E-state index in [0.29, 0.717) is 11.5 Å². The molecule has 102 valence electrons. The second-order valence-electron chi connectivity index (χ2n) is 6.53. The first-order valence-electron chi connectivity index (χ1n) is 7.45. The summed E-state index contributed by atoms with van der Waals surface area (Å²) >= 11 is 0. The van der Waals surface area contributed by atoms with Gasteiger partial charge in [-0.05, 0) is 35.3 Å². The zero-order valence-electron chi connectivity index (χ0n) is 12.0. The zero-order valence-corrected chi connectivity index (χ0v) is 12.0. The van der Waals surface area contributed by atoms with E-state index in [1.54, 1.807) is 0 Å². The number of rotatable bonds is 3. The average Bonchev–Trinajstić information content (AvgIpc) is 2.86. The van der Waals surface area contributed by atoms with E-state index >= 15 is 0 Å². The second kappa shape index (κ2) is 5.01. The summed E-state index contributed by atoms with van der Waals surface area (Å²) in [4.78, 5) is 3.36. The lowest BCUT2D eigenvalue weighted by molar-refractivity contribution is 0.167. The number of H-pyrrole nitrogens is 1. The fourth-order valence-corrected chi connectivity index (χ4v) is 3.40. The van der Waals surface area contributed by atoms with Gasteiger partial charge in [0.25, 0.3) is 0 Å². The molecule has 2 N–H and O–H groups in total. The van der Waals surface area contributed by atoms with Crippen molar-refractivity contribution in [3.63, 3.8) is 0 Å². The molecule has 1 aliphatic rings. The van der Waals surface area contributed by atoms with Crippen LogP contribution in [0.1, 0.15) is 45.1 Å². The Bertz CT molecular complexity index is 553. The van der Waals surface area contributed by atoms with Crippen molar-refractivity contribution in [2.24, 2.45) is 5.41 Å². The smallest absolute Gasteiger partial charge is 0.0499 e. The first-order chi connectivity index (χ1) is 9.17. The number of nitrogens with one attached hydrogen (secondary N) is 2. The molecule has 0 bridgehead atoms. The molecule has 0 radical (unpaired) electrons. The van der Waals surface area contributed by atoms with Crippen LogP contribution >= 0.6 is 0 Å². The average molecular weight is 256 g/mol. The Morgan fingerprint density at radius 2 is 2.16 bits per heavy atom. The molecule has 0 spiro atoms. The summed E-state index contributed by atoms with van der Waals surface area (Å²) in [5.74, 6) is 0. The largest absolute Gasteiger partial charge is 0.361 e. The molecule has 0 amide bonds.